The first-order chi connectivity index (χ1) is 14.9. The van der Waals surface area contributed by atoms with E-state index >= 15 is 0 Å². The number of benzene rings is 2. The number of hydrogen-bond donors (Lipinski definition) is 0. The Kier molecular flexibility index (Phi) is 6.31. The Morgan fingerprint density at radius 3 is 2.81 bits per heavy atom. The number of carbonyl (C=O) groups is 1. The molecule has 0 N–H and O–H groups in total. The number of nitro benzene ring substituents is 1. The van der Waals surface area contributed by atoms with Crippen molar-refractivity contribution in [3.63, 3.8) is 0 Å². The van der Waals surface area contributed by atoms with Crippen LogP contribution < -0.4 is 4.90 Å². The van der Waals surface area contributed by atoms with Gasteiger partial charge in [0.2, 0.25) is 0 Å². The molecule has 7 nitrogen and oxygen atoms in total. The Labute approximate surface area is 188 Å². The molecular weight excluding hydrogens is 438 g/mol. The minimum absolute atomic E-state index is 0.00647. The summed E-state index contributed by atoms with van der Waals surface area (Å²) in [5.41, 5.74) is 2.37. The molecule has 160 valence electrons. The Morgan fingerprint density at radius 2 is 2.13 bits per heavy atom. The monoisotopic (exact) mass is 457 g/mol. The maximum atomic E-state index is 13.1. The molecule has 0 radical (unpaired) electrons. The molecular formula is C22H20ClN3O4S. The van der Waals surface area contributed by atoms with Crippen LogP contribution in [-0.2, 0) is 9.53 Å². The molecule has 4 rings (SSSR count). The third-order valence-corrected chi connectivity index (χ3v) is 6.62. The van der Waals surface area contributed by atoms with Crippen molar-refractivity contribution in [2.24, 2.45) is 0 Å². The second-order valence-electron chi connectivity index (χ2n) is 7.28. The van der Waals surface area contributed by atoms with Gasteiger partial charge >= 0.3 is 0 Å². The number of amides is 1. The number of non-ortho nitro benzene ring substituents is 1. The number of hydrogen-bond acceptors (Lipinski definition) is 6. The van der Waals surface area contributed by atoms with Crippen molar-refractivity contribution in [3.05, 3.63) is 68.7 Å². The Balaban J connectivity index is 1.62. The molecule has 0 bridgehead atoms. The van der Waals surface area contributed by atoms with Crippen LogP contribution in [0.15, 0.2) is 42.5 Å². The van der Waals surface area contributed by atoms with E-state index in [1.807, 2.05) is 19.1 Å². The predicted octanol–water partition coefficient (Wildman–Crippen LogP) is 5.39. The molecule has 0 spiro atoms. The molecule has 3 aromatic rings. The minimum atomic E-state index is -0.455. The van der Waals surface area contributed by atoms with Crippen LogP contribution in [0, 0.1) is 17.0 Å². The average Bonchev–Trinajstić information content (AvgIpc) is 3.43. The van der Waals surface area contributed by atoms with Gasteiger partial charge in [-0.2, -0.15) is 0 Å². The summed E-state index contributed by atoms with van der Waals surface area (Å²) < 4.78 is 6.70. The van der Waals surface area contributed by atoms with Gasteiger partial charge in [0.25, 0.3) is 11.6 Å². The summed E-state index contributed by atoms with van der Waals surface area (Å²) in [5.74, 6) is -0.225. The number of fused-ring (bicyclic) bond motifs is 1. The molecule has 1 atom stereocenters. The summed E-state index contributed by atoms with van der Waals surface area (Å²) >= 11 is 7.67. The van der Waals surface area contributed by atoms with Crippen molar-refractivity contribution in [2.75, 3.05) is 18.1 Å². The first-order valence-electron chi connectivity index (χ1n) is 9.83. The van der Waals surface area contributed by atoms with Gasteiger partial charge in [0.1, 0.15) is 0 Å². The highest BCUT2D eigenvalue weighted by Gasteiger charge is 2.25. The molecule has 2 heterocycles. The number of halogens is 1. The molecule has 0 saturated carbocycles. The van der Waals surface area contributed by atoms with Gasteiger partial charge in [-0.3, -0.25) is 19.8 Å². The predicted molar refractivity (Wildman–Crippen MR) is 123 cm³/mol. The summed E-state index contributed by atoms with van der Waals surface area (Å²) in [5, 5.41) is 12.0. The van der Waals surface area contributed by atoms with E-state index in [2.05, 4.69) is 0 Å². The minimum Gasteiger partial charge on any atom is -0.376 e. The van der Waals surface area contributed by atoms with Crippen molar-refractivity contribution >= 4 is 56.0 Å². The normalized spacial score (nSPS) is 16.3. The fourth-order valence-corrected chi connectivity index (χ4v) is 4.62. The molecule has 2 aromatic carbocycles. The Hall–Kier alpha value is -2.81. The van der Waals surface area contributed by atoms with Gasteiger partial charge in [-0.25, -0.2) is 4.98 Å². The van der Waals surface area contributed by atoms with Gasteiger partial charge in [0.05, 0.1) is 27.8 Å². The van der Waals surface area contributed by atoms with E-state index in [-0.39, 0.29) is 17.7 Å². The zero-order chi connectivity index (χ0) is 22.0. The molecule has 1 saturated heterocycles. The molecule has 1 aliphatic rings. The van der Waals surface area contributed by atoms with Gasteiger partial charge in [-0.15, -0.1) is 0 Å². The zero-order valence-corrected chi connectivity index (χ0v) is 18.4. The molecule has 1 aliphatic heterocycles. The van der Waals surface area contributed by atoms with Crippen molar-refractivity contribution in [1.29, 1.82) is 0 Å². The highest BCUT2D eigenvalue weighted by atomic mass is 35.5. The maximum Gasteiger partial charge on any atom is 0.269 e. The summed E-state index contributed by atoms with van der Waals surface area (Å²) in [6.45, 7) is 3.02. The van der Waals surface area contributed by atoms with Crippen molar-refractivity contribution < 1.29 is 14.5 Å². The zero-order valence-electron chi connectivity index (χ0n) is 16.8. The van der Waals surface area contributed by atoms with Crippen LogP contribution in [0.4, 0.5) is 10.8 Å². The highest BCUT2D eigenvalue weighted by Crippen LogP contribution is 2.34. The third-order valence-electron chi connectivity index (χ3n) is 5.17. The molecule has 0 aliphatic carbocycles. The van der Waals surface area contributed by atoms with E-state index < -0.39 is 4.92 Å². The fraction of sp³-hybridized carbons (Fsp3) is 0.273. The maximum absolute atomic E-state index is 13.1. The van der Waals surface area contributed by atoms with Gasteiger partial charge in [0.15, 0.2) is 5.13 Å². The molecule has 1 aromatic heterocycles. The third kappa shape index (κ3) is 4.76. The number of nitrogens with zero attached hydrogens (tertiary/aromatic N) is 3. The SMILES string of the molecule is Cc1c(Cl)ccc2sc(N(CC3CCCO3)C(=O)/C=C\c3ccc([N+](=O)[O-])cc3)nc12. The number of aryl methyl sites for hydroxylation is 1. The summed E-state index contributed by atoms with van der Waals surface area (Å²) in [7, 11) is 0. The van der Waals surface area contributed by atoms with E-state index in [1.54, 1.807) is 23.1 Å². The lowest BCUT2D eigenvalue weighted by Gasteiger charge is -2.21. The molecule has 1 fully saturated rings. The van der Waals surface area contributed by atoms with E-state index in [0.29, 0.717) is 28.9 Å². The number of nitro groups is 1. The second-order valence-corrected chi connectivity index (χ2v) is 8.70. The van der Waals surface area contributed by atoms with Crippen LogP contribution in [0.5, 0.6) is 0 Å². The summed E-state index contributed by atoms with van der Waals surface area (Å²) in [6, 6.07) is 9.78. The lowest BCUT2D eigenvalue weighted by atomic mass is 10.2. The van der Waals surface area contributed by atoms with E-state index in [9.17, 15) is 14.9 Å². The van der Waals surface area contributed by atoms with Gasteiger partial charge in [0, 0.05) is 29.8 Å². The quantitative estimate of drug-likeness (QED) is 0.281. The number of ether oxygens (including phenoxy) is 1. The van der Waals surface area contributed by atoms with E-state index in [1.165, 1.54) is 29.5 Å². The largest absolute Gasteiger partial charge is 0.376 e. The van der Waals surface area contributed by atoms with Crippen molar-refractivity contribution in [1.82, 2.24) is 4.98 Å². The standard InChI is InChI=1S/C22H20ClN3O4S/c1-14-18(23)9-10-19-21(14)24-22(31-19)25(13-17-3-2-12-30-17)20(27)11-6-15-4-7-16(8-5-15)26(28)29/h4-11,17H,2-3,12-13H2,1H3/b11-6-. The molecule has 9 heteroatoms. The molecule has 1 amide bonds. The van der Waals surface area contributed by atoms with E-state index in [4.69, 9.17) is 21.3 Å². The van der Waals surface area contributed by atoms with Crippen LogP contribution in [0.25, 0.3) is 16.3 Å². The van der Waals surface area contributed by atoms with Gasteiger partial charge in [-0.1, -0.05) is 22.9 Å². The van der Waals surface area contributed by atoms with Gasteiger partial charge in [-0.05, 0) is 61.2 Å². The first kappa shape index (κ1) is 21.4. The number of anilines is 1. The van der Waals surface area contributed by atoms with Crippen LogP contribution in [0.3, 0.4) is 0 Å². The van der Waals surface area contributed by atoms with Crippen molar-refractivity contribution in [2.45, 2.75) is 25.9 Å². The Bertz CT molecular complexity index is 1150. The number of aromatic nitrogens is 1. The average molecular weight is 458 g/mol. The lowest BCUT2D eigenvalue weighted by molar-refractivity contribution is -0.384. The van der Waals surface area contributed by atoms with Crippen molar-refractivity contribution in [3.8, 4) is 0 Å². The van der Waals surface area contributed by atoms with E-state index in [0.717, 1.165) is 28.6 Å². The van der Waals surface area contributed by atoms with Gasteiger partial charge < -0.3 is 4.74 Å². The van der Waals surface area contributed by atoms with Crippen LogP contribution in [0.2, 0.25) is 5.02 Å². The number of thiazole rings is 1. The van der Waals surface area contributed by atoms with Crippen LogP contribution in [0.1, 0.15) is 24.0 Å². The molecule has 1 unspecified atom stereocenters. The Morgan fingerprint density at radius 1 is 1.35 bits per heavy atom. The number of rotatable bonds is 6. The fourth-order valence-electron chi connectivity index (χ4n) is 3.42. The first-order valence-corrected chi connectivity index (χ1v) is 11.0. The lowest BCUT2D eigenvalue weighted by Crippen LogP contribution is -2.36. The highest BCUT2D eigenvalue weighted by molar-refractivity contribution is 7.22. The smallest absolute Gasteiger partial charge is 0.269 e. The summed E-state index contributed by atoms with van der Waals surface area (Å²) in [6.07, 6.45) is 4.94. The topological polar surface area (TPSA) is 85.6 Å². The summed E-state index contributed by atoms with van der Waals surface area (Å²) in [4.78, 5) is 29.8. The number of carbonyl (C=O) groups excluding carboxylic acids is 1. The second kappa shape index (κ2) is 9.13. The van der Waals surface area contributed by atoms with Crippen LogP contribution in [-0.4, -0.2) is 35.1 Å². The molecule has 31 heavy (non-hydrogen) atoms. The van der Waals surface area contributed by atoms with Crippen LogP contribution >= 0.6 is 22.9 Å².